The number of halogens is 2. The first-order valence-corrected chi connectivity index (χ1v) is 6.77. The van der Waals surface area contributed by atoms with E-state index in [4.69, 9.17) is 0 Å². The molecule has 0 aromatic heterocycles. The first-order valence-electron chi connectivity index (χ1n) is 6.77. The van der Waals surface area contributed by atoms with Gasteiger partial charge >= 0.3 is 0 Å². The Kier molecular flexibility index (Phi) is 4.50. The van der Waals surface area contributed by atoms with Crippen LogP contribution in [0.5, 0.6) is 0 Å². The minimum Gasteiger partial charge on any atom is -0.385 e. The Bertz CT molecular complexity index is 568. The zero-order chi connectivity index (χ0) is 14.6. The van der Waals surface area contributed by atoms with E-state index < -0.39 is 17.2 Å². The number of hydrogen-bond acceptors (Lipinski definition) is 1. The van der Waals surface area contributed by atoms with Gasteiger partial charge in [-0.1, -0.05) is 43.7 Å². The Labute approximate surface area is 117 Å². The summed E-state index contributed by atoms with van der Waals surface area (Å²) in [4.78, 5) is 0. The third-order valence-electron chi connectivity index (χ3n) is 3.47. The van der Waals surface area contributed by atoms with Crippen LogP contribution in [0.15, 0.2) is 48.5 Å². The molecule has 0 aliphatic heterocycles. The second-order valence-electron chi connectivity index (χ2n) is 5.06. The van der Waals surface area contributed by atoms with Gasteiger partial charge in [0.2, 0.25) is 0 Å². The lowest BCUT2D eigenvalue weighted by molar-refractivity contribution is 0.0260. The number of rotatable bonds is 5. The van der Waals surface area contributed by atoms with Gasteiger partial charge in [-0.15, -0.1) is 0 Å². The third-order valence-corrected chi connectivity index (χ3v) is 3.47. The van der Waals surface area contributed by atoms with Crippen molar-refractivity contribution >= 4 is 0 Å². The zero-order valence-electron chi connectivity index (χ0n) is 11.4. The molecule has 0 saturated heterocycles. The van der Waals surface area contributed by atoms with Crippen LogP contribution in [0.2, 0.25) is 0 Å². The van der Waals surface area contributed by atoms with Crippen LogP contribution in [0.1, 0.15) is 30.9 Å². The molecule has 0 saturated carbocycles. The molecule has 2 rings (SSSR count). The molecule has 0 spiro atoms. The van der Waals surface area contributed by atoms with E-state index in [9.17, 15) is 13.9 Å². The molecule has 0 amide bonds. The molecule has 0 aliphatic rings. The maximum atomic E-state index is 13.8. The number of benzene rings is 2. The van der Waals surface area contributed by atoms with Gasteiger partial charge in [-0.25, -0.2) is 8.78 Å². The van der Waals surface area contributed by atoms with Gasteiger partial charge in [0.25, 0.3) is 0 Å². The summed E-state index contributed by atoms with van der Waals surface area (Å²) in [6.07, 6.45) is 1.31. The summed E-state index contributed by atoms with van der Waals surface area (Å²) in [5.74, 6) is -0.981. The average molecular weight is 276 g/mol. The van der Waals surface area contributed by atoms with Crippen molar-refractivity contribution < 1.29 is 13.9 Å². The lowest BCUT2D eigenvalue weighted by atomic mass is 9.83. The van der Waals surface area contributed by atoms with Crippen molar-refractivity contribution in [3.05, 3.63) is 71.3 Å². The molecule has 1 unspecified atom stereocenters. The minimum absolute atomic E-state index is 0.0639. The van der Waals surface area contributed by atoms with E-state index in [1.807, 2.05) is 37.3 Å². The van der Waals surface area contributed by atoms with Crippen molar-refractivity contribution in [2.24, 2.45) is 0 Å². The molecule has 20 heavy (non-hydrogen) atoms. The Balaban J connectivity index is 2.36. The largest absolute Gasteiger partial charge is 0.385 e. The van der Waals surface area contributed by atoms with E-state index in [1.165, 1.54) is 0 Å². The van der Waals surface area contributed by atoms with Crippen molar-refractivity contribution in [3.8, 4) is 0 Å². The van der Waals surface area contributed by atoms with Crippen molar-refractivity contribution in [1.29, 1.82) is 0 Å². The SMILES string of the molecule is CCCC(O)(Cc1cc(F)ccc1F)c1ccccc1. The Morgan fingerprint density at radius 2 is 1.75 bits per heavy atom. The van der Waals surface area contributed by atoms with Gasteiger partial charge in [0.15, 0.2) is 0 Å². The Morgan fingerprint density at radius 1 is 1.05 bits per heavy atom. The normalized spacial score (nSPS) is 14.0. The first kappa shape index (κ1) is 14.7. The molecular formula is C17H18F2O. The van der Waals surface area contributed by atoms with Gasteiger partial charge in [0.05, 0.1) is 5.60 Å². The van der Waals surface area contributed by atoms with Gasteiger partial charge in [0, 0.05) is 6.42 Å². The van der Waals surface area contributed by atoms with Gasteiger partial charge in [-0.2, -0.15) is 0 Å². The van der Waals surface area contributed by atoms with E-state index in [2.05, 4.69) is 0 Å². The van der Waals surface area contributed by atoms with Gasteiger partial charge < -0.3 is 5.11 Å². The van der Waals surface area contributed by atoms with Crippen LogP contribution in [-0.4, -0.2) is 5.11 Å². The third kappa shape index (κ3) is 3.23. The fourth-order valence-electron chi connectivity index (χ4n) is 2.49. The highest BCUT2D eigenvalue weighted by Gasteiger charge is 2.29. The Morgan fingerprint density at radius 3 is 2.40 bits per heavy atom. The lowest BCUT2D eigenvalue weighted by Crippen LogP contribution is -2.29. The summed E-state index contributed by atoms with van der Waals surface area (Å²) in [5.41, 5.74) is -0.250. The first-order chi connectivity index (χ1) is 9.55. The standard InChI is InChI=1S/C17H18F2O/c1-2-10-17(20,14-6-4-3-5-7-14)12-13-11-15(18)8-9-16(13)19/h3-9,11,20H,2,10,12H2,1H3. The summed E-state index contributed by atoms with van der Waals surface area (Å²) < 4.78 is 27.0. The smallest absolute Gasteiger partial charge is 0.126 e. The van der Waals surface area contributed by atoms with E-state index in [0.717, 1.165) is 30.2 Å². The van der Waals surface area contributed by atoms with Crippen LogP contribution in [0.4, 0.5) is 8.78 Å². The molecule has 1 nitrogen and oxygen atoms in total. The molecular weight excluding hydrogens is 258 g/mol. The van der Waals surface area contributed by atoms with Crippen molar-refractivity contribution in [3.63, 3.8) is 0 Å². The lowest BCUT2D eigenvalue weighted by Gasteiger charge is -2.29. The van der Waals surface area contributed by atoms with Crippen LogP contribution in [-0.2, 0) is 12.0 Å². The van der Waals surface area contributed by atoms with E-state index in [-0.39, 0.29) is 12.0 Å². The predicted octanol–water partition coefficient (Wildman–Crippen LogP) is 4.20. The van der Waals surface area contributed by atoms with Crippen LogP contribution in [0.3, 0.4) is 0 Å². The highest BCUT2D eigenvalue weighted by molar-refractivity contribution is 5.28. The second kappa shape index (κ2) is 6.14. The van der Waals surface area contributed by atoms with E-state index in [0.29, 0.717) is 6.42 Å². The van der Waals surface area contributed by atoms with Gasteiger partial charge in [0.1, 0.15) is 11.6 Å². The highest BCUT2D eigenvalue weighted by Crippen LogP contribution is 2.31. The fraction of sp³-hybridized carbons (Fsp3) is 0.294. The quantitative estimate of drug-likeness (QED) is 0.868. The van der Waals surface area contributed by atoms with Crippen LogP contribution < -0.4 is 0 Å². The van der Waals surface area contributed by atoms with Crippen LogP contribution in [0, 0.1) is 11.6 Å². The highest BCUT2D eigenvalue weighted by atomic mass is 19.1. The molecule has 2 aromatic carbocycles. The van der Waals surface area contributed by atoms with Crippen molar-refractivity contribution in [1.82, 2.24) is 0 Å². The summed E-state index contributed by atoms with van der Waals surface area (Å²) in [6.45, 7) is 1.95. The summed E-state index contributed by atoms with van der Waals surface area (Å²) in [5, 5.41) is 10.9. The van der Waals surface area contributed by atoms with E-state index in [1.54, 1.807) is 0 Å². The molecule has 0 heterocycles. The monoisotopic (exact) mass is 276 g/mol. The fourth-order valence-corrected chi connectivity index (χ4v) is 2.49. The molecule has 0 radical (unpaired) electrons. The number of hydrogen-bond donors (Lipinski definition) is 1. The van der Waals surface area contributed by atoms with Crippen molar-refractivity contribution in [2.75, 3.05) is 0 Å². The molecule has 0 aliphatic carbocycles. The maximum absolute atomic E-state index is 13.8. The van der Waals surface area contributed by atoms with E-state index >= 15 is 0 Å². The minimum atomic E-state index is -1.18. The summed E-state index contributed by atoms with van der Waals surface area (Å²) >= 11 is 0. The maximum Gasteiger partial charge on any atom is 0.126 e. The molecule has 1 N–H and O–H groups in total. The second-order valence-corrected chi connectivity index (χ2v) is 5.06. The van der Waals surface area contributed by atoms with Gasteiger partial charge in [-0.3, -0.25) is 0 Å². The molecule has 0 fully saturated rings. The topological polar surface area (TPSA) is 20.2 Å². The predicted molar refractivity (Wildman–Crippen MR) is 75.3 cm³/mol. The summed E-state index contributed by atoms with van der Waals surface area (Å²) in [6, 6.07) is 12.5. The van der Waals surface area contributed by atoms with Crippen molar-refractivity contribution in [2.45, 2.75) is 31.8 Å². The Hall–Kier alpha value is -1.74. The molecule has 106 valence electrons. The zero-order valence-corrected chi connectivity index (χ0v) is 11.4. The van der Waals surface area contributed by atoms with Gasteiger partial charge in [-0.05, 0) is 35.7 Å². The summed E-state index contributed by atoms with van der Waals surface area (Å²) in [7, 11) is 0. The van der Waals surface area contributed by atoms with Crippen LogP contribution in [0.25, 0.3) is 0 Å². The molecule has 2 aromatic rings. The van der Waals surface area contributed by atoms with Crippen LogP contribution >= 0.6 is 0 Å². The number of aliphatic hydroxyl groups is 1. The molecule has 0 bridgehead atoms. The average Bonchev–Trinajstić information content (AvgIpc) is 2.44. The molecule has 3 heteroatoms. The molecule has 1 atom stereocenters.